The zero-order valence-electron chi connectivity index (χ0n) is 9.74. The van der Waals surface area contributed by atoms with Crippen LogP contribution in [0.4, 0.5) is 5.69 Å². The average Bonchev–Trinajstić information content (AvgIpc) is 2.80. The summed E-state index contributed by atoms with van der Waals surface area (Å²) in [6, 6.07) is 6.42. The molecule has 5 heteroatoms. The number of hydrogen-bond acceptors (Lipinski definition) is 3. The van der Waals surface area contributed by atoms with Gasteiger partial charge in [0.2, 0.25) is 0 Å². The van der Waals surface area contributed by atoms with Crippen molar-refractivity contribution in [3.63, 3.8) is 0 Å². The molecule has 0 aromatic heterocycles. The van der Waals surface area contributed by atoms with E-state index in [9.17, 15) is 0 Å². The van der Waals surface area contributed by atoms with Crippen molar-refractivity contribution in [2.24, 2.45) is 5.73 Å². The molecule has 1 saturated heterocycles. The van der Waals surface area contributed by atoms with Crippen LogP contribution in [0.1, 0.15) is 12.0 Å². The number of nitrogens with one attached hydrogen (secondary N) is 1. The number of nitrogens with two attached hydrogens (primary N) is 1. The Bertz CT molecular complexity index is 430. The van der Waals surface area contributed by atoms with Crippen LogP contribution in [0, 0.1) is 5.41 Å². The summed E-state index contributed by atoms with van der Waals surface area (Å²) in [7, 11) is 2.09. The van der Waals surface area contributed by atoms with E-state index in [0.717, 1.165) is 21.5 Å². The number of nitrogen functional groups attached to an aromatic ring is 1. The molecule has 2 rings (SSSR count). The van der Waals surface area contributed by atoms with Gasteiger partial charge >= 0.3 is 0 Å². The Morgan fingerprint density at radius 3 is 2.94 bits per heavy atom. The van der Waals surface area contributed by atoms with Gasteiger partial charge in [-0.25, -0.2) is 0 Å². The molecule has 0 aliphatic carbocycles. The Hall–Kier alpha value is -0.680. The molecular weight excluding hydrogens is 298 g/mol. The van der Waals surface area contributed by atoms with Crippen molar-refractivity contribution >= 4 is 39.2 Å². The highest BCUT2D eigenvalue weighted by molar-refractivity contribution is 9.10. The van der Waals surface area contributed by atoms with Gasteiger partial charge in [-0.2, -0.15) is 11.8 Å². The van der Waals surface area contributed by atoms with E-state index >= 15 is 0 Å². The van der Waals surface area contributed by atoms with Crippen LogP contribution in [0.5, 0.6) is 0 Å². The predicted molar refractivity (Wildman–Crippen MR) is 79.3 cm³/mol. The summed E-state index contributed by atoms with van der Waals surface area (Å²) in [6.07, 6.45) is 1.20. The lowest BCUT2D eigenvalue weighted by Gasteiger charge is -2.28. The molecule has 0 spiro atoms. The average molecular weight is 314 g/mol. The van der Waals surface area contributed by atoms with Crippen LogP contribution < -0.4 is 10.6 Å². The monoisotopic (exact) mass is 313 g/mol. The molecule has 0 bridgehead atoms. The van der Waals surface area contributed by atoms with Gasteiger partial charge in [0.1, 0.15) is 5.84 Å². The van der Waals surface area contributed by atoms with Gasteiger partial charge in [0.15, 0.2) is 0 Å². The van der Waals surface area contributed by atoms with Gasteiger partial charge < -0.3 is 10.6 Å². The Kier molecular flexibility index (Phi) is 3.99. The smallest absolute Gasteiger partial charge is 0.124 e. The Morgan fingerprint density at radius 1 is 1.59 bits per heavy atom. The topological polar surface area (TPSA) is 53.1 Å². The number of hydrogen-bond donors (Lipinski definition) is 2. The fourth-order valence-corrected chi connectivity index (χ4v) is 3.67. The molecule has 1 aromatic rings. The lowest BCUT2D eigenvalue weighted by atomic mass is 10.1. The van der Waals surface area contributed by atoms with Crippen molar-refractivity contribution in [1.29, 1.82) is 5.41 Å². The number of nitrogens with zero attached hydrogens (tertiary/aromatic N) is 1. The lowest BCUT2D eigenvalue weighted by Crippen LogP contribution is -2.33. The van der Waals surface area contributed by atoms with Crippen LogP contribution in [0.3, 0.4) is 0 Å². The first-order valence-electron chi connectivity index (χ1n) is 5.54. The van der Waals surface area contributed by atoms with Gasteiger partial charge in [0.25, 0.3) is 0 Å². The second kappa shape index (κ2) is 5.31. The number of thioether (sulfide) groups is 1. The van der Waals surface area contributed by atoms with Crippen LogP contribution in [0.2, 0.25) is 0 Å². The summed E-state index contributed by atoms with van der Waals surface area (Å²) in [4.78, 5) is 2.25. The molecule has 92 valence electrons. The minimum atomic E-state index is 0.130. The predicted octanol–water partition coefficient (Wildman–Crippen LogP) is 2.67. The van der Waals surface area contributed by atoms with E-state index in [1.807, 2.05) is 30.0 Å². The van der Waals surface area contributed by atoms with Crippen LogP contribution >= 0.6 is 27.7 Å². The van der Waals surface area contributed by atoms with Gasteiger partial charge in [0.05, 0.1) is 0 Å². The molecule has 1 fully saturated rings. The largest absolute Gasteiger partial charge is 0.384 e. The van der Waals surface area contributed by atoms with Crippen molar-refractivity contribution in [2.45, 2.75) is 12.5 Å². The summed E-state index contributed by atoms with van der Waals surface area (Å²) in [6.45, 7) is 0. The van der Waals surface area contributed by atoms with Crippen LogP contribution in [-0.4, -0.2) is 30.4 Å². The molecule has 3 nitrogen and oxygen atoms in total. The molecule has 0 saturated carbocycles. The van der Waals surface area contributed by atoms with Gasteiger partial charge in [-0.3, -0.25) is 5.41 Å². The Balaban J connectivity index is 2.34. The zero-order valence-corrected chi connectivity index (χ0v) is 12.1. The Morgan fingerprint density at radius 2 is 2.35 bits per heavy atom. The minimum Gasteiger partial charge on any atom is -0.384 e. The second-order valence-electron chi connectivity index (χ2n) is 4.20. The van der Waals surface area contributed by atoms with Crippen molar-refractivity contribution in [3.05, 3.63) is 28.2 Å². The van der Waals surface area contributed by atoms with Crippen molar-refractivity contribution in [2.75, 3.05) is 23.5 Å². The first-order valence-corrected chi connectivity index (χ1v) is 7.49. The summed E-state index contributed by atoms with van der Waals surface area (Å²) in [5, 5.41) is 7.64. The molecule has 1 aliphatic rings. The standard InChI is InChI=1S/C12H16BrN3S/c1-16(9-4-5-17-7-9)11-6-8(13)2-3-10(11)12(14)15/h2-3,6,9H,4-5,7H2,1H3,(H3,14,15). The van der Waals surface area contributed by atoms with Crippen LogP contribution in [-0.2, 0) is 0 Å². The van der Waals surface area contributed by atoms with Gasteiger partial charge in [-0.1, -0.05) is 15.9 Å². The van der Waals surface area contributed by atoms with Crippen LogP contribution in [0.15, 0.2) is 22.7 Å². The molecule has 3 N–H and O–H groups in total. The summed E-state index contributed by atoms with van der Waals surface area (Å²) < 4.78 is 1.02. The molecule has 1 unspecified atom stereocenters. The van der Waals surface area contributed by atoms with E-state index in [1.54, 1.807) is 0 Å². The summed E-state index contributed by atoms with van der Waals surface area (Å²) in [5.74, 6) is 2.50. The molecule has 1 aliphatic heterocycles. The fraction of sp³-hybridized carbons (Fsp3) is 0.417. The summed E-state index contributed by atoms with van der Waals surface area (Å²) in [5.41, 5.74) is 7.49. The van der Waals surface area contributed by atoms with Crippen molar-refractivity contribution in [1.82, 2.24) is 0 Å². The number of rotatable bonds is 3. The maximum Gasteiger partial charge on any atom is 0.124 e. The highest BCUT2D eigenvalue weighted by atomic mass is 79.9. The number of halogens is 1. The maximum atomic E-state index is 7.64. The van der Waals surface area contributed by atoms with Crippen molar-refractivity contribution < 1.29 is 0 Å². The van der Waals surface area contributed by atoms with Crippen molar-refractivity contribution in [3.8, 4) is 0 Å². The number of benzene rings is 1. The SMILES string of the molecule is CN(c1cc(Br)ccc1C(=N)N)C1CCSC1. The molecule has 17 heavy (non-hydrogen) atoms. The zero-order chi connectivity index (χ0) is 12.4. The van der Waals surface area contributed by atoms with Crippen LogP contribution in [0.25, 0.3) is 0 Å². The number of amidine groups is 1. The van der Waals surface area contributed by atoms with E-state index in [-0.39, 0.29) is 5.84 Å². The number of anilines is 1. The quantitative estimate of drug-likeness (QED) is 0.666. The van der Waals surface area contributed by atoms with E-state index in [1.165, 1.54) is 12.2 Å². The Labute approximate surface area is 114 Å². The van der Waals surface area contributed by atoms with Gasteiger partial charge in [-0.15, -0.1) is 0 Å². The third-order valence-corrected chi connectivity index (χ3v) is 4.72. The molecule has 1 atom stereocenters. The first kappa shape index (κ1) is 12.8. The highest BCUT2D eigenvalue weighted by Gasteiger charge is 2.22. The molecule has 1 heterocycles. The third kappa shape index (κ3) is 2.77. The first-order chi connectivity index (χ1) is 8.09. The minimum absolute atomic E-state index is 0.130. The maximum absolute atomic E-state index is 7.64. The highest BCUT2D eigenvalue weighted by Crippen LogP contribution is 2.30. The van der Waals surface area contributed by atoms with E-state index < -0.39 is 0 Å². The van der Waals surface area contributed by atoms with Gasteiger partial charge in [0, 0.05) is 34.6 Å². The molecule has 1 aromatic carbocycles. The molecule has 0 amide bonds. The van der Waals surface area contributed by atoms with Gasteiger partial charge in [-0.05, 0) is 30.4 Å². The second-order valence-corrected chi connectivity index (χ2v) is 6.27. The summed E-state index contributed by atoms with van der Waals surface area (Å²) >= 11 is 5.46. The molecular formula is C12H16BrN3S. The van der Waals surface area contributed by atoms with E-state index in [0.29, 0.717) is 6.04 Å². The lowest BCUT2D eigenvalue weighted by molar-refractivity contribution is 0.699. The molecule has 0 radical (unpaired) electrons. The fourth-order valence-electron chi connectivity index (χ4n) is 2.05. The van der Waals surface area contributed by atoms with E-state index in [4.69, 9.17) is 11.1 Å². The normalized spacial score (nSPS) is 19.3. The van der Waals surface area contributed by atoms with E-state index in [2.05, 4.69) is 27.9 Å². The third-order valence-electron chi connectivity index (χ3n) is 3.08.